The van der Waals surface area contributed by atoms with Gasteiger partial charge in [-0.2, -0.15) is 5.10 Å². The molecule has 0 atom stereocenters. The van der Waals surface area contributed by atoms with Crippen molar-refractivity contribution in [2.45, 2.75) is 19.3 Å². The molecule has 9 nitrogen and oxygen atoms in total. The molecule has 0 unspecified atom stereocenters. The maximum Gasteiger partial charge on any atom is 0.260 e. The molecule has 0 saturated carbocycles. The summed E-state index contributed by atoms with van der Waals surface area (Å²) in [5, 5.41) is 3.84. The Bertz CT molecular complexity index is 1120. The number of hydrogen-bond donors (Lipinski definition) is 1. The highest BCUT2D eigenvalue weighted by molar-refractivity contribution is 7.92. The number of piperidine rings is 1. The number of likely N-dealkylation sites (tertiary alicyclic amines) is 1. The van der Waals surface area contributed by atoms with Crippen molar-refractivity contribution in [1.82, 2.24) is 10.3 Å². The normalized spacial score (nSPS) is 14.1. The summed E-state index contributed by atoms with van der Waals surface area (Å²) in [6.07, 6.45) is 5.54. The maximum atomic E-state index is 13.1. The van der Waals surface area contributed by atoms with Crippen molar-refractivity contribution in [3.63, 3.8) is 0 Å². The van der Waals surface area contributed by atoms with Crippen molar-refractivity contribution in [3.05, 3.63) is 59.9 Å². The van der Waals surface area contributed by atoms with Gasteiger partial charge in [-0.1, -0.05) is 0 Å². The lowest BCUT2D eigenvalue weighted by molar-refractivity contribution is -0.134. The van der Waals surface area contributed by atoms with E-state index in [4.69, 9.17) is 4.74 Å². The van der Waals surface area contributed by atoms with Crippen LogP contribution in [0.4, 0.5) is 10.1 Å². The second-order valence-corrected chi connectivity index (χ2v) is 9.75. The SMILES string of the molecule is CS(=O)(=O)N(CC(=O)N/N=C\c1ccc(OCC(=O)N2CCCCC2)cc1)c1ccc(F)cc1. The van der Waals surface area contributed by atoms with Crippen molar-refractivity contribution in [2.24, 2.45) is 5.10 Å². The number of nitrogens with zero attached hydrogens (tertiary/aromatic N) is 3. The highest BCUT2D eigenvalue weighted by Crippen LogP contribution is 2.17. The number of ether oxygens (including phenoxy) is 1. The topological polar surface area (TPSA) is 108 Å². The fourth-order valence-corrected chi connectivity index (χ4v) is 4.24. The fourth-order valence-electron chi connectivity index (χ4n) is 3.38. The zero-order valence-electron chi connectivity index (χ0n) is 18.8. The summed E-state index contributed by atoms with van der Waals surface area (Å²) in [5.74, 6) is -0.676. The number of rotatable bonds is 9. The smallest absolute Gasteiger partial charge is 0.260 e. The van der Waals surface area contributed by atoms with Crippen molar-refractivity contribution < 1.29 is 27.1 Å². The highest BCUT2D eigenvalue weighted by Gasteiger charge is 2.21. The molecule has 1 heterocycles. The quantitative estimate of drug-likeness (QED) is 0.428. The summed E-state index contributed by atoms with van der Waals surface area (Å²) in [6.45, 7) is 1.01. The standard InChI is InChI=1S/C23H27FN4O5S/c1-34(31,32)28(20-9-7-19(24)8-10-20)16-22(29)26-25-15-18-5-11-21(12-6-18)33-17-23(30)27-13-3-2-4-14-27/h5-12,15H,2-4,13-14,16-17H2,1H3,(H,26,29)/b25-15-. The second kappa shape index (κ2) is 11.6. The maximum absolute atomic E-state index is 13.1. The zero-order valence-corrected chi connectivity index (χ0v) is 19.6. The van der Waals surface area contributed by atoms with Gasteiger partial charge in [0.25, 0.3) is 11.8 Å². The van der Waals surface area contributed by atoms with E-state index in [0.717, 1.165) is 55.0 Å². The predicted octanol–water partition coefficient (Wildman–Crippen LogP) is 2.13. The summed E-state index contributed by atoms with van der Waals surface area (Å²) in [4.78, 5) is 26.2. The van der Waals surface area contributed by atoms with E-state index in [0.29, 0.717) is 11.3 Å². The van der Waals surface area contributed by atoms with Crippen LogP contribution >= 0.6 is 0 Å². The van der Waals surface area contributed by atoms with E-state index < -0.39 is 28.3 Å². The molecule has 3 rings (SSSR count). The van der Waals surface area contributed by atoms with Crippen molar-refractivity contribution >= 4 is 33.7 Å². The Morgan fingerprint density at radius 1 is 1.09 bits per heavy atom. The lowest BCUT2D eigenvalue weighted by Crippen LogP contribution is -2.39. The van der Waals surface area contributed by atoms with E-state index in [1.54, 1.807) is 24.3 Å². The minimum atomic E-state index is -3.77. The molecule has 2 amide bonds. The van der Waals surface area contributed by atoms with Gasteiger partial charge < -0.3 is 9.64 Å². The molecule has 0 spiro atoms. The molecule has 0 aromatic heterocycles. The second-order valence-electron chi connectivity index (χ2n) is 7.84. The van der Waals surface area contributed by atoms with Crippen molar-refractivity contribution in [2.75, 3.05) is 36.8 Å². The summed E-state index contributed by atoms with van der Waals surface area (Å²) in [6, 6.07) is 11.6. The van der Waals surface area contributed by atoms with Gasteiger partial charge in [0, 0.05) is 13.1 Å². The number of carbonyl (C=O) groups is 2. The molecule has 2 aromatic rings. The van der Waals surface area contributed by atoms with E-state index >= 15 is 0 Å². The third-order valence-electron chi connectivity index (χ3n) is 5.16. The molecule has 2 aromatic carbocycles. The van der Waals surface area contributed by atoms with Gasteiger partial charge in [-0.25, -0.2) is 18.2 Å². The van der Waals surface area contributed by atoms with E-state index in [9.17, 15) is 22.4 Å². The average Bonchev–Trinajstić information content (AvgIpc) is 2.82. The summed E-state index contributed by atoms with van der Waals surface area (Å²) in [5.41, 5.74) is 3.10. The van der Waals surface area contributed by atoms with E-state index in [1.165, 1.54) is 18.3 Å². The van der Waals surface area contributed by atoms with Gasteiger partial charge in [0.15, 0.2) is 6.61 Å². The molecule has 0 bridgehead atoms. The first-order chi connectivity index (χ1) is 16.2. The van der Waals surface area contributed by atoms with Crippen LogP contribution in [0.5, 0.6) is 5.75 Å². The van der Waals surface area contributed by atoms with Gasteiger partial charge in [-0.15, -0.1) is 0 Å². The van der Waals surface area contributed by atoms with Gasteiger partial charge in [0.1, 0.15) is 18.1 Å². The lowest BCUT2D eigenvalue weighted by Gasteiger charge is -2.26. The molecule has 1 fully saturated rings. The molecule has 1 aliphatic rings. The molecular weight excluding hydrogens is 463 g/mol. The number of hydrogen-bond acceptors (Lipinski definition) is 6. The first-order valence-electron chi connectivity index (χ1n) is 10.8. The van der Waals surface area contributed by atoms with Crippen LogP contribution in [0.2, 0.25) is 0 Å². The third kappa shape index (κ3) is 7.55. The number of amides is 2. The number of sulfonamides is 1. The number of carbonyl (C=O) groups excluding carboxylic acids is 2. The Kier molecular flexibility index (Phi) is 8.58. The van der Waals surface area contributed by atoms with Gasteiger partial charge in [-0.3, -0.25) is 13.9 Å². The first kappa shape index (κ1) is 25.2. The fraction of sp³-hybridized carbons (Fsp3) is 0.348. The number of benzene rings is 2. The Labute approximate surface area is 198 Å². The molecule has 1 N–H and O–H groups in total. The Morgan fingerprint density at radius 3 is 2.35 bits per heavy atom. The molecule has 11 heteroatoms. The molecule has 0 radical (unpaired) electrons. The molecule has 182 valence electrons. The van der Waals surface area contributed by atoms with Crippen LogP contribution in [0, 0.1) is 5.82 Å². The number of anilines is 1. The van der Waals surface area contributed by atoms with Crippen molar-refractivity contribution in [1.29, 1.82) is 0 Å². The Morgan fingerprint density at radius 2 is 1.74 bits per heavy atom. The number of nitrogens with one attached hydrogen (secondary N) is 1. The first-order valence-corrected chi connectivity index (χ1v) is 12.6. The molecule has 0 aliphatic carbocycles. The largest absolute Gasteiger partial charge is 0.484 e. The monoisotopic (exact) mass is 490 g/mol. The van der Waals surface area contributed by atoms with Crippen LogP contribution < -0.4 is 14.5 Å². The van der Waals surface area contributed by atoms with Crippen LogP contribution in [0.25, 0.3) is 0 Å². The van der Waals surface area contributed by atoms with Crippen molar-refractivity contribution in [3.8, 4) is 5.75 Å². The average molecular weight is 491 g/mol. The summed E-state index contributed by atoms with van der Waals surface area (Å²) < 4.78 is 43.6. The summed E-state index contributed by atoms with van der Waals surface area (Å²) >= 11 is 0. The molecule has 1 aliphatic heterocycles. The van der Waals surface area contributed by atoms with Gasteiger partial charge in [-0.05, 0) is 73.4 Å². The molecule has 1 saturated heterocycles. The summed E-state index contributed by atoms with van der Waals surface area (Å²) in [7, 11) is -3.77. The van der Waals surface area contributed by atoms with Gasteiger partial charge in [0.2, 0.25) is 10.0 Å². The number of hydrazone groups is 1. The minimum absolute atomic E-state index is 0.0195. The van der Waals surface area contributed by atoms with E-state index in [-0.39, 0.29) is 18.2 Å². The lowest BCUT2D eigenvalue weighted by atomic mass is 10.1. The predicted molar refractivity (Wildman–Crippen MR) is 127 cm³/mol. The highest BCUT2D eigenvalue weighted by atomic mass is 32.2. The molecular formula is C23H27FN4O5S. The van der Waals surface area contributed by atoms with E-state index in [2.05, 4.69) is 10.5 Å². The van der Waals surface area contributed by atoms with Crippen LogP contribution in [0.1, 0.15) is 24.8 Å². The minimum Gasteiger partial charge on any atom is -0.484 e. The zero-order chi connectivity index (χ0) is 24.6. The van der Waals surface area contributed by atoms with E-state index in [1.807, 2.05) is 4.90 Å². The van der Waals surface area contributed by atoms with Gasteiger partial charge >= 0.3 is 0 Å². The van der Waals surface area contributed by atoms with Gasteiger partial charge in [0.05, 0.1) is 18.2 Å². The van der Waals surface area contributed by atoms with Crippen LogP contribution in [0.15, 0.2) is 53.6 Å². The Hall–Kier alpha value is -3.47. The molecule has 34 heavy (non-hydrogen) atoms. The van der Waals surface area contributed by atoms with Crippen LogP contribution in [-0.4, -0.2) is 63.8 Å². The number of halogens is 1. The van der Waals surface area contributed by atoms with Crippen LogP contribution in [0.3, 0.4) is 0 Å². The van der Waals surface area contributed by atoms with Crippen LogP contribution in [-0.2, 0) is 19.6 Å². The Balaban J connectivity index is 1.49. The third-order valence-corrected chi connectivity index (χ3v) is 6.30.